The lowest BCUT2D eigenvalue weighted by molar-refractivity contribution is -0.135. The number of guanidine groups is 1. The smallest absolute Gasteiger partial charge is 0.243 e. The summed E-state index contributed by atoms with van der Waals surface area (Å²) >= 11 is 0. The molecule has 0 unspecified atom stereocenters. The van der Waals surface area contributed by atoms with Crippen LogP contribution in [-0.4, -0.2) is 72.4 Å². The Morgan fingerprint density at radius 3 is 2.02 bits per heavy atom. The summed E-state index contributed by atoms with van der Waals surface area (Å²) in [5.41, 5.74) is 17.5. The molecule has 4 amide bonds. The summed E-state index contributed by atoms with van der Waals surface area (Å²) in [4.78, 5) is 67.8. The minimum Gasteiger partial charge on any atom is -0.384 e. The van der Waals surface area contributed by atoms with E-state index in [0.29, 0.717) is 36.7 Å². The van der Waals surface area contributed by atoms with Crippen LogP contribution in [0, 0.1) is 17.2 Å². The molecule has 0 radical (unpaired) electrons. The fourth-order valence-corrected chi connectivity index (χ4v) is 4.44. The van der Waals surface area contributed by atoms with Crippen LogP contribution in [0.5, 0.6) is 0 Å². The van der Waals surface area contributed by atoms with Crippen LogP contribution in [0.4, 0.5) is 0 Å². The third-order valence-electron chi connectivity index (χ3n) is 6.99. The van der Waals surface area contributed by atoms with Crippen molar-refractivity contribution in [2.45, 2.75) is 90.9 Å². The van der Waals surface area contributed by atoms with Crippen molar-refractivity contribution in [2.24, 2.45) is 34.0 Å². The van der Waals surface area contributed by atoms with E-state index in [1.54, 1.807) is 31.2 Å². The van der Waals surface area contributed by atoms with Crippen LogP contribution in [0.25, 0.3) is 0 Å². The summed E-state index contributed by atoms with van der Waals surface area (Å²) in [5, 5.41) is 18.4. The number of amidine groups is 1. The highest BCUT2D eigenvalue weighted by Gasteiger charge is 2.32. The zero-order chi connectivity index (χ0) is 33.4. The van der Waals surface area contributed by atoms with Gasteiger partial charge in [0, 0.05) is 25.5 Å². The first-order valence-corrected chi connectivity index (χ1v) is 14.8. The van der Waals surface area contributed by atoms with Crippen molar-refractivity contribution in [1.82, 2.24) is 21.3 Å². The van der Waals surface area contributed by atoms with Crippen LogP contribution >= 0.6 is 0 Å². The van der Waals surface area contributed by atoms with E-state index in [1.807, 2.05) is 20.8 Å². The number of benzene rings is 1. The number of carbonyl (C=O) groups excluding carboxylic acids is 5. The highest BCUT2D eigenvalue weighted by Crippen LogP contribution is 2.12. The molecular weight excluding hydrogens is 566 g/mol. The Labute approximate surface area is 259 Å². The van der Waals surface area contributed by atoms with E-state index in [9.17, 15) is 24.0 Å². The standard InChI is InChI=1S/C30H49N9O5/c1-6-18(4)25(39-28(43)24(36-19(5)41)15-20-9-11-21(12-10-20)26(31)32)29(44)38-23(8-7-13-35-30(33)34)27(42)37-22(16-40)14-17(2)3/h9-12,16-18,22-25H,6-8,13-15H2,1-5H3,(H3,31,32)(H,36,41)(H,37,42)(H,38,44)(H,39,43)(H4,33,34,35)/t18-,22-,23-,24-,25-/m0/s1. The first-order valence-electron chi connectivity index (χ1n) is 14.8. The van der Waals surface area contributed by atoms with E-state index in [1.165, 1.54) is 6.92 Å². The van der Waals surface area contributed by atoms with Gasteiger partial charge in [-0.2, -0.15) is 0 Å². The SMILES string of the molecule is CC[C@H](C)[C@H](NC(=O)[C@H](Cc1ccc(C(=N)N)cc1)NC(C)=O)C(=O)N[C@@H](CCCN=C(N)N)C(=O)N[C@H](C=O)CC(C)C. The summed E-state index contributed by atoms with van der Waals surface area (Å²) in [5.74, 6) is -2.53. The summed E-state index contributed by atoms with van der Waals surface area (Å²) in [6.07, 6.45) is 2.27. The molecule has 1 aromatic rings. The second kappa shape index (κ2) is 18.9. The maximum absolute atomic E-state index is 13.6. The number of amides is 4. The summed E-state index contributed by atoms with van der Waals surface area (Å²) in [6, 6.07) is 2.90. The van der Waals surface area contributed by atoms with E-state index in [4.69, 9.17) is 22.6 Å². The molecule has 44 heavy (non-hydrogen) atoms. The highest BCUT2D eigenvalue weighted by molar-refractivity contribution is 5.95. The van der Waals surface area contributed by atoms with Crippen LogP contribution in [0.2, 0.25) is 0 Å². The maximum atomic E-state index is 13.6. The lowest BCUT2D eigenvalue weighted by Gasteiger charge is -2.28. The van der Waals surface area contributed by atoms with E-state index in [-0.39, 0.29) is 43.0 Å². The van der Waals surface area contributed by atoms with Crippen molar-refractivity contribution in [3.05, 3.63) is 35.4 Å². The van der Waals surface area contributed by atoms with E-state index < -0.39 is 47.8 Å². The molecule has 0 aliphatic heterocycles. The molecule has 0 heterocycles. The lowest BCUT2D eigenvalue weighted by atomic mass is 9.96. The van der Waals surface area contributed by atoms with Gasteiger partial charge in [-0.15, -0.1) is 0 Å². The number of hydrogen-bond acceptors (Lipinski definition) is 7. The fraction of sp³-hybridized carbons (Fsp3) is 0.567. The number of hydrogen-bond donors (Lipinski definition) is 8. The minimum atomic E-state index is -1.03. The Morgan fingerprint density at radius 2 is 1.52 bits per heavy atom. The van der Waals surface area contributed by atoms with Gasteiger partial charge < -0.3 is 43.3 Å². The van der Waals surface area contributed by atoms with Crippen LogP contribution in [0.1, 0.15) is 71.4 Å². The Kier molecular flexibility index (Phi) is 16.1. The fourth-order valence-electron chi connectivity index (χ4n) is 4.44. The number of aldehydes is 1. The molecule has 0 saturated carbocycles. The first-order chi connectivity index (χ1) is 20.7. The summed E-state index contributed by atoms with van der Waals surface area (Å²) in [6.45, 7) is 9.01. The average molecular weight is 616 g/mol. The van der Waals surface area contributed by atoms with Gasteiger partial charge in [0.1, 0.15) is 30.2 Å². The molecule has 0 saturated heterocycles. The predicted molar refractivity (Wildman–Crippen MR) is 169 cm³/mol. The van der Waals surface area contributed by atoms with Crippen molar-refractivity contribution >= 4 is 41.7 Å². The second-order valence-corrected chi connectivity index (χ2v) is 11.3. The second-order valence-electron chi connectivity index (χ2n) is 11.3. The van der Waals surface area contributed by atoms with Crippen molar-refractivity contribution in [3.63, 3.8) is 0 Å². The van der Waals surface area contributed by atoms with Crippen LogP contribution < -0.4 is 38.5 Å². The van der Waals surface area contributed by atoms with Gasteiger partial charge in [-0.3, -0.25) is 29.6 Å². The molecule has 0 spiro atoms. The lowest BCUT2D eigenvalue weighted by Crippen LogP contribution is -2.59. The highest BCUT2D eigenvalue weighted by atomic mass is 16.2. The number of rotatable bonds is 19. The van der Waals surface area contributed by atoms with Crippen LogP contribution in [0.15, 0.2) is 29.3 Å². The maximum Gasteiger partial charge on any atom is 0.243 e. The van der Waals surface area contributed by atoms with Crippen LogP contribution in [-0.2, 0) is 30.4 Å². The summed E-state index contributed by atoms with van der Waals surface area (Å²) in [7, 11) is 0. The van der Waals surface area contributed by atoms with Gasteiger partial charge in [0.25, 0.3) is 0 Å². The average Bonchev–Trinajstić information content (AvgIpc) is 2.95. The van der Waals surface area contributed by atoms with Gasteiger partial charge >= 0.3 is 0 Å². The van der Waals surface area contributed by atoms with Gasteiger partial charge in [-0.25, -0.2) is 0 Å². The molecule has 5 atom stereocenters. The molecule has 11 N–H and O–H groups in total. The third kappa shape index (κ3) is 13.7. The van der Waals surface area contributed by atoms with Gasteiger partial charge in [0.05, 0.1) is 6.04 Å². The van der Waals surface area contributed by atoms with Crippen molar-refractivity contribution in [2.75, 3.05) is 6.54 Å². The molecule has 14 heteroatoms. The van der Waals surface area contributed by atoms with E-state index in [2.05, 4.69) is 26.3 Å². The first kappa shape index (κ1) is 37.5. The quantitative estimate of drug-likeness (QED) is 0.0447. The third-order valence-corrected chi connectivity index (χ3v) is 6.99. The zero-order valence-corrected chi connectivity index (χ0v) is 26.3. The number of aliphatic imine (C=N–C) groups is 1. The van der Waals surface area contributed by atoms with Crippen molar-refractivity contribution in [1.29, 1.82) is 5.41 Å². The molecule has 1 rings (SSSR count). The number of nitrogens with zero attached hydrogens (tertiary/aromatic N) is 1. The molecule has 0 bridgehead atoms. The Bertz CT molecular complexity index is 1170. The van der Waals surface area contributed by atoms with Crippen molar-refractivity contribution < 1.29 is 24.0 Å². The van der Waals surface area contributed by atoms with Gasteiger partial charge in [-0.1, -0.05) is 58.4 Å². The molecule has 14 nitrogen and oxygen atoms in total. The molecule has 0 aliphatic rings. The molecule has 0 fully saturated rings. The monoisotopic (exact) mass is 615 g/mol. The van der Waals surface area contributed by atoms with Gasteiger partial charge in [-0.05, 0) is 36.7 Å². The Balaban J connectivity index is 3.19. The Hall–Kier alpha value is -4.49. The largest absolute Gasteiger partial charge is 0.384 e. The number of nitrogens with one attached hydrogen (secondary N) is 5. The molecular formula is C30H49N9O5. The molecule has 244 valence electrons. The van der Waals surface area contributed by atoms with Gasteiger partial charge in [0.15, 0.2) is 5.96 Å². The van der Waals surface area contributed by atoms with Gasteiger partial charge in [0.2, 0.25) is 23.6 Å². The predicted octanol–water partition coefficient (Wildman–Crippen LogP) is -0.183. The van der Waals surface area contributed by atoms with Crippen molar-refractivity contribution in [3.8, 4) is 0 Å². The number of carbonyl (C=O) groups is 5. The number of nitrogens with two attached hydrogens (primary N) is 3. The molecule has 1 aromatic carbocycles. The number of nitrogen functional groups attached to an aromatic ring is 1. The van der Waals surface area contributed by atoms with Crippen LogP contribution in [0.3, 0.4) is 0 Å². The van der Waals surface area contributed by atoms with E-state index >= 15 is 0 Å². The Morgan fingerprint density at radius 1 is 0.909 bits per heavy atom. The zero-order valence-electron chi connectivity index (χ0n) is 26.3. The molecule has 0 aliphatic carbocycles. The normalized spacial score (nSPS) is 14.2. The summed E-state index contributed by atoms with van der Waals surface area (Å²) < 4.78 is 0. The van der Waals surface area contributed by atoms with E-state index in [0.717, 1.165) is 0 Å². The minimum absolute atomic E-state index is 0.0973. The topological polar surface area (TPSA) is 248 Å². The molecule has 0 aromatic heterocycles.